The van der Waals surface area contributed by atoms with E-state index in [9.17, 15) is 24.5 Å². The first-order valence-electron chi connectivity index (χ1n) is 8.58. The SMILES string of the molecule is C[C@H](Sc1ccc(NC(=O)CCC(=O)O)cc1)C(=O)Nc1ccc([N+](=O)[O-])cc1. The monoisotopic (exact) mass is 417 g/mol. The standard InChI is InChI=1S/C19H19N3O6S/c1-12(19(26)21-14-2-6-15(7-3-14)22(27)28)29-16-8-4-13(5-9-16)20-17(23)10-11-18(24)25/h2-9,12H,10-11H2,1H3,(H,20,23)(H,21,26)(H,24,25)/t12-/m0/s1. The Morgan fingerprint density at radius 1 is 1.00 bits per heavy atom. The number of nitrogens with zero attached hydrogens (tertiary/aromatic N) is 1. The van der Waals surface area contributed by atoms with E-state index in [1.807, 2.05) is 0 Å². The maximum Gasteiger partial charge on any atom is 0.303 e. The molecular weight excluding hydrogens is 398 g/mol. The number of anilines is 2. The quantitative estimate of drug-likeness (QED) is 0.322. The third-order valence-electron chi connectivity index (χ3n) is 3.73. The predicted molar refractivity (Wildman–Crippen MR) is 109 cm³/mol. The van der Waals surface area contributed by atoms with E-state index in [4.69, 9.17) is 5.11 Å². The topological polar surface area (TPSA) is 139 Å². The number of nitrogens with one attached hydrogen (secondary N) is 2. The second kappa shape index (κ2) is 10.2. The first-order valence-corrected chi connectivity index (χ1v) is 9.46. The van der Waals surface area contributed by atoms with E-state index in [2.05, 4.69) is 10.6 Å². The van der Waals surface area contributed by atoms with E-state index >= 15 is 0 Å². The number of carbonyl (C=O) groups excluding carboxylic acids is 2. The fourth-order valence-electron chi connectivity index (χ4n) is 2.23. The minimum Gasteiger partial charge on any atom is -0.481 e. The van der Waals surface area contributed by atoms with Crippen LogP contribution in [0.25, 0.3) is 0 Å². The molecule has 0 bridgehead atoms. The van der Waals surface area contributed by atoms with Gasteiger partial charge in [0.2, 0.25) is 11.8 Å². The Kier molecular flexibility index (Phi) is 7.72. The van der Waals surface area contributed by atoms with Crippen LogP contribution in [0.4, 0.5) is 17.1 Å². The minimum absolute atomic E-state index is 0.0550. The molecule has 9 nitrogen and oxygen atoms in total. The molecule has 0 radical (unpaired) electrons. The summed E-state index contributed by atoms with van der Waals surface area (Å²) in [7, 11) is 0. The number of nitro benzene ring substituents is 1. The number of nitro groups is 1. The number of thioether (sulfide) groups is 1. The molecule has 2 rings (SSSR count). The summed E-state index contributed by atoms with van der Waals surface area (Å²) >= 11 is 1.31. The molecule has 0 aliphatic rings. The van der Waals surface area contributed by atoms with Crippen LogP contribution in [0.1, 0.15) is 19.8 Å². The summed E-state index contributed by atoms with van der Waals surface area (Å²) in [6.07, 6.45) is -0.340. The van der Waals surface area contributed by atoms with Crippen LogP contribution >= 0.6 is 11.8 Å². The maximum absolute atomic E-state index is 12.3. The Morgan fingerprint density at radius 2 is 1.55 bits per heavy atom. The lowest BCUT2D eigenvalue weighted by atomic mass is 10.2. The van der Waals surface area contributed by atoms with Crippen LogP contribution in [0.2, 0.25) is 0 Å². The molecule has 0 fully saturated rings. The fourth-order valence-corrected chi connectivity index (χ4v) is 3.10. The molecule has 0 saturated carbocycles. The summed E-state index contributed by atoms with van der Waals surface area (Å²) in [5.41, 5.74) is 0.945. The van der Waals surface area contributed by atoms with Crippen molar-refractivity contribution in [3.63, 3.8) is 0 Å². The minimum atomic E-state index is -1.03. The highest BCUT2D eigenvalue weighted by Gasteiger charge is 2.15. The number of carboxylic acids is 1. The van der Waals surface area contributed by atoms with Crippen LogP contribution in [-0.2, 0) is 14.4 Å². The number of carbonyl (C=O) groups is 3. The molecule has 0 aliphatic carbocycles. The zero-order chi connectivity index (χ0) is 21.4. The maximum atomic E-state index is 12.3. The number of rotatable bonds is 9. The second-order valence-electron chi connectivity index (χ2n) is 6.02. The molecule has 152 valence electrons. The van der Waals surface area contributed by atoms with Crippen LogP contribution in [0, 0.1) is 10.1 Å². The van der Waals surface area contributed by atoms with Crippen molar-refractivity contribution in [1.29, 1.82) is 0 Å². The highest BCUT2D eigenvalue weighted by molar-refractivity contribution is 8.00. The number of amides is 2. The third kappa shape index (κ3) is 7.26. The Hall–Kier alpha value is -3.40. The largest absolute Gasteiger partial charge is 0.481 e. The van der Waals surface area contributed by atoms with Crippen molar-refractivity contribution in [2.45, 2.75) is 29.9 Å². The summed E-state index contributed by atoms with van der Waals surface area (Å²) in [4.78, 5) is 45.4. The van der Waals surface area contributed by atoms with Crippen LogP contribution in [0.5, 0.6) is 0 Å². The van der Waals surface area contributed by atoms with Crippen LogP contribution in [0.3, 0.4) is 0 Å². The van der Waals surface area contributed by atoms with Gasteiger partial charge in [-0.2, -0.15) is 0 Å². The average molecular weight is 417 g/mol. The number of aliphatic carboxylic acids is 1. The van der Waals surface area contributed by atoms with Gasteiger partial charge in [-0.25, -0.2) is 0 Å². The van der Waals surface area contributed by atoms with Crippen molar-refractivity contribution in [3.8, 4) is 0 Å². The van der Waals surface area contributed by atoms with Gasteiger partial charge < -0.3 is 15.7 Å². The smallest absolute Gasteiger partial charge is 0.303 e. The zero-order valence-electron chi connectivity index (χ0n) is 15.5. The van der Waals surface area contributed by atoms with E-state index < -0.39 is 16.1 Å². The molecule has 0 heterocycles. The Balaban J connectivity index is 1.86. The first-order chi connectivity index (χ1) is 13.7. The molecule has 0 spiro atoms. The number of non-ortho nitro benzene ring substituents is 1. The lowest BCUT2D eigenvalue weighted by Crippen LogP contribution is -2.22. The third-order valence-corrected chi connectivity index (χ3v) is 4.84. The molecular formula is C19H19N3O6S. The molecule has 10 heteroatoms. The van der Waals surface area contributed by atoms with E-state index in [1.165, 1.54) is 36.0 Å². The summed E-state index contributed by atoms with van der Waals surface area (Å²) < 4.78 is 0. The Morgan fingerprint density at radius 3 is 2.10 bits per heavy atom. The summed E-state index contributed by atoms with van der Waals surface area (Å²) in [6, 6.07) is 12.4. The predicted octanol–water partition coefficient (Wildman–Crippen LogP) is 3.52. The normalized spacial score (nSPS) is 11.3. The molecule has 2 aromatic carbocycles. The van der Waals surface area contributed by atoms with Gasteiger partial charge in [-0.3, -0.25) is 24.5 Å². The molecule has 3 N–H and O–H groups in total. The highest BCUT2D eigenvalue weighted by Crippen LogP contribution is 2.26. The van der Waals surface area contributed by atoms with Gasteiger partial charge in [-0.05, 0) is 43.3 Å². The molecule has 0 aromatic heterocycles. The van der Waals surface area contributed by atoms with Gasteiger partial charge in [0, 0.05) is 34.8 Å². The summed E-state index contributed by atoms with van der Waals surface area (Å²) in [5, 5.41) is 24.1. The lowest BCUT2D eigenvalue weighted by molar-refractivity contribution is -0.384. The van der Waals surface area contributed by atoms with Gasteiger partial charge in [0.15, 0.2) is 0 Å². The van der Waals surface area contributed by atoms with Crippen molar-refractivity contribution in [2.75, 3.05) is 10.6 Å². The molecule has 29 heavy (non-hydrogen) atoms. The van der Waals surface area contributed by atoms with Gasteiger partial charge in [0.25, 0.3) is 5.69 Å². The molecule has 0 saturated heterocycles. The van der Waals surface area contributed by atoms with E-state index in [0.717, 1.165) is 4.90 Å². The van der Waals surface area contributed by atoms with E-state index in [0.29, 0.717) is 11.4 Å². The fraction of sp³-hybridized carbons (Fsp3) is 0.211. The molecule has 1 atom stereocenters. The molecule has 2 amide bonds. The van der Waals surface area contributed by atoms with Crippen LogP contribution in [0.15, 0.2) is 53.4 Å². The summed E-state index contributed by atoms with van der Waals surface area (Å²) in [5.74, 6) is -1.67. The van der Waals surface area contributed by atoms with Gasteiger partial charge >= 0.3 is 5.97 Å². The molecule has 0 unspecified atom stereocenters. The number of carboxylic acid groups (broad SMARTS) is 1. The molecule has 2 aromatic rings. The number of hydrogen-bond acceptors (Lipinski definition) is 6. The first kappa shape index (κ1) is 21.9. The second-order valence-corrected chi connectivity index (χ2v) is 7.43. The number of benzene rings is 2. The highest BCUT2D eigenvalue weighted by atomic mass is 32.2. The average Bonchev–Trinajstić information content (AvgIpc) is 2.68. The van der Waals surface area contributed by atoms with Crippen LogP contribution < -0.4 is 10.6 Å². The lowest BCUT2D eigenvalue weighted by Gasteiger charge is -2.12. The van der Waals surface area contributed by atoms with E-state index in [-0.39, 0.29) is 30.3 Å². The van der Waals surface area contributed by atoms with Gasteiger partial charge in [-0.1, -0.05) is 0 Å². The zero-order valence-corrected chi connectivity index (χ0v) is 16.3. The number of hydrogen-bond donors (Lipinski definition) is 3. The Labute approximate surface area is 170 Å². The van der Waals surface area contributed by atoms with Crippen molar-refractivity contribution >= 4 is 46.6 Å². The van der Waals surface area contributed by atoms with Crippen LogP contribution in [-0.4, -0.2) is 33.1 Å². The summed E-state index contributed by atoms with van der Waals surface area (Å²) in [6.45, 7) is 1.73. The van der Waals surface area contributed by atoms with E-state index in [1.54, 1.807) is 31.2 Å². The van der Waals surface area contributed by atoms with Gasteiger partial charge in [0.1, 0.15) is 0 Å². The van der Waals surface area contributed by atoms with Crippen molar-refractivity contribution in [2.24, 2.45) is 0 Å². The van der Waals surface area contributed by atoms with Gasteiger partial charge in [0.05, 0.1) is 16.6 Å². The molecule has 0 aliphatic heterocycles. The van der Waals surface area contributed by atoms with Gasteiger partial charge in [-0.15, -0.1) is 11.8 Å². The van der Waals surface area contributed by atoms with Crippen molar-refractivity contribution in [1.82, 2.24) is 0 Å². The Bertz CT molecular complexity index is 899. The van der Waals surface area contributed by atoms with Crippen molar-refractivity contribution < 1.29 is 24.4 Å². The van der Waals surface area contributed by atoms with Crippen molar-refractivity contribution in [3.05, 3.63) is 58.6 Å².